The quantitative estimate of drug-likeness (QED) is 0.749. The molecule has 0 aromatic rings. The van der Waals surface area contributed by atoms with Crippen molar-refractivity contribution < 1.29 is 9.53 Å². The molecule has 2 heterocycles. The maximum absolute atomic E-state index is 11.9. The summed E-state index contributed by atoms with van der Waals surface area (Å²) in [6.45, 7) is 9.57. The van der Waals surface area contributed by atoms with E-state index in [1.807, 2.05) is 11.0 Å². The number of hydrogen-bond acceptors (Lipinski definition) is 3. The number of carbonyl (C=O) groups is 1. The zero-order valence-corrected chi connectivity index (χ0v) is 10.9. The molecule has 102 valence electrons. The van der Waals surface area contributed by atoms with E-state index >= 15 is 0 Å². The highest BCUT2D eigenvalue weighted by Gasteiger charge is 2.22. The molecule has 1 N–H and O–H groups in total. The van der Waals surface area contributed by atoms with E-state index in [4.69, 9.17) is 4.74 Å². The molecule has 0 aliphatic carbocycles. The van der Waals surface area contributed by atoms with E-state index < -0.39 is 0 Å². The van der Waals surface area contributed by atoms with Gasteiger partial charge in [0.15, 0.2) is 0 Å². The fourth-order valence-electron chi connectivity index (χ4n) is 2.43. The van der Waals surface area contributed by atoms with Crippen LogP contribution in [0.15, 0.2) is 12.7 Å². The van der Waals surface area contributed by atoms with Crippen LogP contribution in [0.5, 0.6) is 0 Å². The minimum Gasteiger partial charge on any atom is -0.376 e. The van der Waals surface area contributed by atoms with Crippen LogP contribution >= 0.6 is 0 Å². The molecule has 0 aromatic carbocycles. The van der Waals surface area contributed by atoms with Gasteiger partial charge in [-0.1, -0.05) is 6.08 Å². The van der Waals surface area contributed by atoms with E-state index in [0.29, 0.717) is 6.54 Å². The molecule has 0 bridgehead atoms. The summed E-state index contributed by atoms with van der Waals surface area (Å²) >= 11 is 0. The van der Waals surface area contributed by atoms with Crippen LogP contribution in [0.1, 0.15) is 12.8 Å². The lowest BCUT2D eigenvalue weighted by Crippen LogP contribution is -2.52. The number of carbonyl (C=O) groups excluding carboxylic acids is 1. The van der Waals surface area contributed by atoms with Gasteiger partial charge in [-0.3, -0.25) is 4.90 Å². The molecule has 5 heteroatoms. The number of piperazine rings is 1. The van der Waals surface area contributed by atoms with Crippen molar-refractivity contribution in [3.63, 3.8) is 0 Å². The first kappa shape index (κ1) is 13.4. The number of nitrogens with zero attached hydrogens (tertiary/aromatic N) is 2. The molecule has 18 heavy (non-hydrogen) atoms. The molecular formula is C13H23N3O2. The SMILES string of the molecule is C=CCN1CCN(C(=O)NCC2CCCO2)CC1. The van der Waals surface area contributed by atoms with Crippen LogP contribution in [0.25, 0.3) is 0 Å². The maximum atomic E-state index is 11.9. The normalized spacial score (nSPS) is 25.1. The second-order valence-electron chi connectivity index (χ2n) is 4.90. The van der Waals surface area contributed by atoms with Gasteiger partial charge in [0.25, 0.3) is 0 Å². The first-order valence-electron chi connectivity index (χ1n) is 6.77. The Kier molecular flexibility index (Phi) is 5.01. The third-order valence-electron chi connectivity index (χ3n) is 3.55. The van der Waals surface area contributed by atoms with E-state index in [-0.39, 0.29) is 12.1 Å². The molecule has 2 saturated heterocycles. The Bertz CT molecular complexity index is 282. The molecule has 2 rings (SSSR count). The summed E-state index contributed by atoms with van der Waals surface area (Å²) in [5, 5.41) is 2.96. The van der Waals surface area contributed by atoms with Crippen LogP contribution in [-0.4, -0.2) is 67.8 Å². The van der Waals surface area contributed by atoms with Gasteiger partial charge in [-0.15, -0.1) is 6.58 Å². The number of urea groups is 1. The van der Waals surface area contributed by atoms with Crippen LogP contribution < -0.4 is 5.32 Å². The predicted molar refractivity (Wildman–Crippen MR) is 70.6 cm³/mol. The molecule has 2 aliphatic rings. The first-order chi connectivity index (χ1) is 8.79. The van der Waals surface area contributed by atoms with Crippen LogP contribution in [0.3, 0.4) is 0 Å². The summed E-state index contributed by atoms with van der Waals surface area (Å²) in [6.07, 6.45) is 4.30. The van der Waals surface area contributed by atoms with Crippen molar-refractivity contribution in [3.8, 4) is 0 Å². The van der Waals surface area contributed by atoms with Crippen molar-refractivity contribution >= 4 is 6.03 Å². The highest BCUT2D eigenvalue weighted by atomic mass is 16.5. The van der Waals surface area contributed by atoms with Gasteiger partial charge in [0.2, 0.25) is 0 Å². The lowest BCUT2D eigenvalue weighted by Gasteiger charge is -2.34. The molecule has 2 aliphatic heterocycles. The molecule has 5 nitrogen and oxygen atoms in total. The molecule has 1 atom stereocenters. The molecule has 2 fully saturated rings. The Hall–Kier alpha value is -1.07. The second-order valence-corrected chi connectivity index (χ2v) is 4.90. The Labute approximate surface area is 109 Å². The van der Waals surface area contributed by atoms with Crippen molar-refractivity contribution in [3.05, 3.63) is 12.7 Å². The monoisotopic (exact) mass is 253 g/mol. The van der Waals surface area contributed by atoms with Crippen LogP contribution in [0.2, 0.25) is 0 Å². The number of amides is 2. The maximum Gasteiger partial charge on any atom is 0.317 e. The van der Waals surface area contributed by atoms with Crippen LogP contribution in [0.4, 0.5) is 4.79 Å². The van der Waals surface area contributed by atoms with Gasteiger partial charge in [-0.05, 0) is 12.8 Å². The van der Waals surface area contributed by atoms with E-state index in [2.05, 4.69) is 16.8 Å². The molecule has 0 radical (unpaired) electrons. The standard InChI is InChI=1S/C13H23N3O2/c1-2-5-15-6-8-16(9-7-15)13(17)14-11-12-4-3-10-18-12/h2,12H,1,3-11H2,(H,14,17). The highest BCUT2D eigenvalue weighted by Crippen LogP contribution is 2.10. The Balaban J connectivity index is 1.65. The summed E-state index contributed by atoms with van der Waals surface area (Å²) in [4.78, 5) is 16.1. The minimum absolute atomic E-state index is 0.0451. The summed E-state index contributed by atoms with van der Waals surface area (Å²) in [7, 11) is 0. The van der Waals surface area contributed by atoms with Gasteiger partial charge < -0.3 is 15.0 Å². The van der Waals surface area contributed by atoms with Gasteiger partial charge in [-0.25, -0.2) is 4.79 Å². The Morgan fingerprint density at radius 3 is 2.78 bits per heavy atom. The van der Waals surface area contributed by atoms with E-state index in [1.54, 1.807) is 0 Å². The molecular weight excluding hydrogens is 230 g/mol. The van der Waals surface area contributed by atoms with Gasteiger partial charge in [0.1, 0.15) is 0 Å². The minimum atomic E-state index is 0.0451. The average Bonchev–Trinajstić information content (AvgIpc) is 2.90. The molecule has 1 unspecified atom stereocenters. The fraction of sp³-hybridized carbons (Fsp3) is 0.769. The Morgan fingerprint density at radius 1 is 1.39 bits per heavy atom. The lowest BCUT2D eigenvalue weighted by molar-refractivity contribution is 0.105. The third kappa shape index (κ3) is 3.71. The summed E-state index contributed by atoms with van der Waals surface area (Å²) in [6, 6.07) is 0.0451. The van der Waals surface area contributed by atoms with Crippen molar-refractivity contribution in [1.82, 2.24) is 15.1 Å². The molecule has 0 spiro atoms. The smallest absolute Gasteiger partial charge is 0.317 e. The summed E-state index contributed by atoms with van der Waals surface area (Å²) in [5.74, 6) is 0. The third-order valence-corrected chi connectivity index (χ3v) is 3.55. The van der Waals surface area contributed by atoms with Crippen molar-refractivity contribution in [2.24, 2.45) is 0 Å². The topological polar surface area (TPSA) is 44.8 Å². The van der Waals surface area contributed by atoms with Crippen molar-refractivity contribution in [2.75, 3.05) is 45.9 Å². The van der Waals surface area contributed by atoms with Gasteiger partial charge in [0.05, 0.1) is 6.10 Å². The zero-order valence-electron chi connectivity index (χ0n) is 10.9. The van der Waals surface area contributed by atoms with Gasteiger partial charge in [0, 0.05) is 45.9 Å². The molecule has 0 aromatic heterocycles. The summed E-state index contributed by atoms with van der Waals surface area (Å²) in [5.41, 5.74) is 0. The largest absolute Gasteiger partial charge is 0.376 e. The first-order valence-corrected chi connectivity index (χ1v) is 6.77. The fourth-order valence-corrected chi connectivity index (χ4v) is 2.43. The average molecular weight is 253 g/mol. The van der Waals surface area contributed by atoms with E-state index in [1.165, 1.54) is 0 Å². The second kappa shape index (κ2) is 6.75. The number of ether oxygens (including phenoxy) is 1. The van der Waals surface area contributed by atoms with E-state index in [0.717, 1.165) is 52.2 Å². The predicted octanol–water partition coefficient (Wildman–Crippen LogP) is 0.679. The Morgan fingerprint density at radius 2 is 2.17 bits per heavy atom. The van der Waals surface area contributed by atoms with Crippen LogP contribution in [0, 0.1) is 0 Å². The van der Waals surface area contributed by atoms with Crippen molar-refractivity contribution in [2.45, 2.75) is 18.9 Å². The highest BCUT2D eigenvalue weighted by molar-refractivity contribution is 5.74. The van der Waals surface area contributed by atoms with E-state index in [9.17, 15) is 4.79 Å². The number of nitrogens with one attached hydrogen (secondary N) is 1. The van der Waals surface area contributed by atoms with Crippen molar-refractivity contribution in [1.29, 1.82) is 0 Å². The zero-order chi connectivity index (χ0) is 12.8. The van der Waals surface area contributed by atoms with Crippen LogP contribution in [-0.2, 0) is 4.74 Å². The number of rotatable bonds is 4. The lowest BCUT2D eigenvalue weighted by atomic mass is 10.2. The molecule has 0 saturated carbocycles. The number of hydrogen-bond donors (Lipinski definition) is 1. The van der Waals surface area contributed by atoms with Gasteiger partial charge in [-0.2, -0.15) is 0 Å². The molecule has 2 amide bonds. The van der Waals surface area contributed by atoms with Gasteiger partial charge >= 0.3 is 6.03 Å². The summed E-state index contributed by atoms with van der Waals surface area (Å²) < 4.78 is 5.49.